The summed E-state index contributed by atoms with van der Waals surface area (Å²) < 4.78 is 0.781. The lowest BCUT2D eigenvalue weighted by molar-refractivity contribution is 0.102. The fourth-order valence-electron chi connectivity index (χ4n) is 2.29. The standard InChI is InChI=1S/C21H14BrClN2O/c1-14-11-16(8-7-15-5-3-2-4-6-15)13-24-20(14)25-21(26)18-12-17(22)9-10-19(18)23/h2-6,9-13H,1H3,(H,24,25,26). The molecule has 1 heterocycles. The van der Waals surface area contributed by atoms with E-state index >= 15 is 0 Å². The van der Waals surface area contributed by atoms with Gasteiger partial charge in [0.25, 0.3) is 5.91 Å². The Bertz CT molecular complexity index is 1020. The maximum Gasteiger partial charge on any atom is 0.258 e. The van der Waals surface area contributed by atoms with Crippen LogP contribution in [-0.4, -0.2) is 10.9 Å². The van der Waals surface area contributed by atoms with Gasteiger partial charge < -0.3 is 5.32 Å². The first-order valence-electron chi connectivity index (χ1n) is 7.83. The molecule has 0 radical (unpaired) electrons. The minimum atomic E-state index is -0.310. The second-order valence-corrected chi connectivity index (χ2v) is 6.91. The van der Waals surface area contributed by atoms with Crippen molar-refractivity contribution in [1.29, 1.82) is 0 Å². The Morgan fingerprint density at radius 1 is 1.08 bits per heavy atom. The molecule has 2 aromatic carbocycles. The molecule has 1 aromatic heterocycles. The average molecular weight is 426 g/mol. The number of benzene rings is 2. The highest BCUT2D eigenvalue weighted by molar-refractivity contribution is 9.10. The summed E-state index contributed by atoms with van der Waals surface area (Å²) in [4.78, 5) is 16.8. The van der Waals surface area contributed by atoms with Crippen molar-refractivity contribution in [2.45, 2.75) is 6.92 Å². The number of carbonyl (C=O) groups excluding carboxylic acids is 1. The summed E-state index contributed by atoms with van der Waals surface area (Å²) in [6.07, 6.45) is 1.64. The van der Waals surface area contributed by atoms with Gasteiger partial charge in [0.05, 0.1) is 10.6 Å². The van der Waals surface area contributed by atoms with Crippen LogP contribution in [0.5, 0.6) is 0 Å². The van der Waals surface area contributed by atoms with Gasteiger partial charge in [0.2, 0.25) is 0 Å². The van der Waals surface area contributed by atoms with Crippen molar-refractivity contribution in [1.82, 2.24) is 4.98 Å². The van der Waals surface area contributed by atoms with E-state index in [4.69, 9.17) is 11.6 Å². The third-order valence-electron chi connectivity index (χ3n) is 3.61. The van der Waals surface area contributed by atoms with Gasteiger partial charge in [-0.1, -0.05) is 57.6 Å². The van der Waals surface area contributed by atoms with Gasteiger partial charge in [0.1, 0.15) is 5.82 Å². The molecule has 3 aromatic rings. The van der Waals surface area contributed by atoms with Crippen LogP contribution < -0.4 is 5.32 Å². The van der Waals surface area contributed by atoms with Gasteiger partial charge >= 0.3 is 0 Å². The lowest BCUT2D eigenvalue weighted by atomic mass is 10.1. The molecule has 0 atom stereocenters. The molecule has 1 amide bonds. The zero-order chi connectivity index (χ0) is 18.5. The van der Waals surface area contributed by atoms with Crippen molar-refractivity contribution in [2.24, 2.45) is 0 Å². The molecule has 0 spiro atoms. The van der Waals surface area contributed by atoms with E-state index in [2.05, 4.69) is 38.1 Å². The number of carbonyl (C=O) groups is 1. The molecule has 0 aliphatic carbocycles. The van der Waals surface area contributed by atoms with E-state index in [-0.39, 0.29) is 5.91 Å². The lowest BCUT2D eigenvalue weighted by Crippen LogP contribution is -2.14. The lowest BCUT2D eigenvalue weighted by Gasteiger charge is -2.09. The van der Waals surface area contributed by atoms with Gasteiger partial charge in [-0.3, -0.25) is 4.79 Å². The highest BCUT2D eigenvalue weighted by Crippen LogP contribution is 2.22. The molecule has 26 heavy (non-hydrogen) atoms. The number of nitrogens with one attached hydrogen (secondary N) is 1. The molecule has 0 unspecified atom stereocenters. The zero-order valence-corrected chi connectivity index (χ0v) is 16.2. The number of pyridine rings is 1. The van der Waals surface area contributed by atoms with E-state index in [1.807, 2.05) is 43.3 Å². The minimum absolute atomic E-state index is 0.310. The molecule has 0 fully saturated rings. The van der Waals surface area contributed by atoms with Crippen LogP contribution in [-0.2, 0) is 0 Å². The van der Waals surface area contributed by atoms with Gasteiger partial charge in [-0.25, -0.2) is 4.98 Å². The SMILES string of the molecule is Cc1cc(C#Cc2ccccc2)cnc1NC(=O)c1cc(Br)ccc1Cl. The van der Waals surface area contributed by atoms with Gasteiger partial charge in [0.15, 0.2) is 0 Å². The molecular formula is C21H14BrClN2O. The molecule has 3 rings (SSSR count). The normalized spacial score (nSPS) is 9.96. The summed E-state index contributed by atoms with van der Waals surface area (Å²) in [6, 6.07) is 16.7. The van der Waals surface area contributed by atoms with E-state index in [0.717, 1.165) is 21.2 Å². The first kappa shape index (κ1) is 18.2. The summed E-state index contributed by atoms with van der Waals surface area (Å²) in [7, 11) is 0. The summed E-state index contributed by atoms with van der Waals surface area (Å²) in [6.45, 7) is 1.87. The van der Waals surface area contributed by atoms with E-state index in [0.29, 0.717) is 16.4 Å². The second kappa shape index (κ2) is 8.18. The number of aromatic nitrogens is 1. The number of amides is 1. The third-order valence-corrected chi connectivity index (χ3v) is 4.43. The largest absolute Gasteiger partial charge is 0.306 e. The first-order valence-corrected chi connectivity index (χ1v) is 9.00. The maximum atomic E-state index is 12.5. The van der Waals surface area contributed by atoms with Crippen LogP contribution in [0, 0.1) is 18.8 Å². The molecule has 0 saturated carbocycles. The molecule has 0 bridgehead atoms. The van der Waals surface area contributed by atoms with Crippen molar-refractivity contribution >= 4 is 39.3 Å². The Kier molecular flexibility index (Phi) is 5.72. The molecule has 128 valence electrons. The Morgan fingerprint density at radius 3 is 2.54 bits per heavy atom. The second-order valence-electron chi connectivity index (χ2n) is 5.58. The number of nitrogens with zero attached hydrogens (tertiary/aromatic N) is 1. The van der Waals surface area contributed by atoms with E-state index < -0.39 is 0 Å². The summed E-state index contributed by atoms with van der Waals surface area (Å²) in [5, 5.41) is 3.18. The van der Waals surface area contributed by atoms with Crippen molar-refractivity contribution < 1.29 is 4.79 Å². The van der Waals surface area contributed by atoms with Crippen LogP contribution >= 0.6 is 27.5 Å². The van der Waals surface area contributed by atoms with Gasteiger partial charge in [0, 0.05) is 21.8 Å². The van der Waals surface area contributed by atoms with Crippen LogP contribution in [0.25, 0.3) is 0 Å². The average Bonchev–Trinajstić information content (AvgIpc) is 2.64. The molecule has 3 nitrogen and oxygen atoms in total. The van der Waals surface area contributed by atoms with Crippen molar-refractivity contribution in [3.8, 4) is 11.8 Å². The van der Waals surface area contributed by atoms with Gasteiger partial charge in [-0.05, 0) is 48.9 Å². The monoisotopic (exact) mass is 424 g/mol. The van der Waals surface area contributed by atoms with Crippen molar-refractivity contribution in [2.75, 3.05) is 5.32 Å². The molecule has 1 N–H and O–H groups in total. The Balaban J connectivity index is 1.79. The summed E-state index contributed by atoms with van der Waals surface area (Å²) >= 11 is 9.44. The van der Waals surface area contributed by atoms with Gasteiger partial charge in [-0.2, -0.15) is 0 Å². The van der Waals surface area contributed by atoms with Crippen molar-refractivity contribution in [3.05, 3.63) is 92.5 Å². The molecule has 0 aliphatic rings. The molecule has 0 aliphatic heterocycles. The fraction of sp³-hybridized carbons (Fsp3) is 0.0476. The number of anilines is 1. The number of rotatable bonds is 2. The zero-order valence-electron chi connectivity index (χ0n) is 13.9. The van der Waals surface area contributed by atoms with Crippen LogP contribution in [0.3, 0.4) is 0 Å². The highest BCUT2D eigenvalue weighted by Gasteiger charge is 2.13. The quantitative estimate of drug-likeness (QED) is 0.554. The van der Waals surface area contributed by atoms with Crippen LogP contribution in [0.15, 0.2) is 65.3 Å². The molecule has 0 saturated heterocycles. The number of aryl methyl sites for hydroxylation is 1. The summed E-state index contributed by atoms with van der Waals surface area (Å²) in [5.74, 6) is 6.34. The topological polar surface area (TPSA) is 42.0 Å². The Labute approximate surface area is 165 Å². The Morgan fingerprint density at radius 2 is 1.81 bits per heavy atom. The molecular weight excluding hydrogens is 412 g/mol. The van der Waals surface area contributed by atoms with E-state index in [1.165, 1.54) is 0 Å². The number of hydrogen-bond acceptors (Lipinski definition) is 2. The fourth-order valence-corrected chi connectivity index (χ4v) is 2.85. The van der Waals surface area contributed by atoms with E-state index in [1.54, 1.807) is 24.4 Å². The van der Waals surface area contributed by atoms with Gasteiger partial charge in [-0.15, -0.1) is 0 Å². The van der Waals surface area contributed by atoms with Crippen LogP contribution in [0.4, 0.5) is 5.82 Å². The third kappa shape index (κ3) is 4.51. The predicted molar refractivity (Wildman–Crippen MR) is 109 cm³/mol. The maximum absolute atomic E-state index is 12.5. The van der Waals surface area contributed by atoms with Crippen molar-refractivity contribution in [3.63, 3.8) is 0 Å². The van der Waals surface area contributed by atoms with Crippen LogP contribution in [0.1, 0.15) is 27.0 Å². The van der Waals surface area contributed by atoms with E-state index in [9.17, 15) is 4.79 Å². The Hall–Kier alpha value is -2.61. The minimum Gasteiger partial charge on any atom is -0.306 e. The first-order chi connectivity index (χ1) is 12.5. The predicted octanol–water partition coefficient (Wildman–Crippen LogP) is 5.46. The number of halogens is 2. The summed E-state index contributed by atoms with van der Waals surface area (Å²) in [5.41, 5.74) is 2.93. The number of hydrogen-bond donors (Lipinski definition) is 1. The van der Waals surface area contributed by atoms with Crippen LogP contribution in [0.2, 0.25) is 5.02 Å². The highest BCUT2D eigenvalue weighted by atomic mass is 79.9. The molecule has 5 heteroatoms. The smallest absolute Gasteiger partial charge is 0.258 e.